The van der Waals surface area contributed by atoms with Crippen LogP contribution in [0.5, 0.6) is 0 Å². The number of carbonyl (C=O) groups excluding carboxylic acids is 1. The van der Waals surface area contributed by atoms with Crippen molar-refractivity contribution in [2.24, 2.45) is 16.6 Å². The van der Waals surface area contributed by atoms with Crippen LogP contribution in [0.3, 0.4) is 0 Å². The lowest BCUT2D eigenvalue weighted by Gasteiger charge is -2.34. The van der Waals surface area contributed by atoms with Crippen LogP contribution in [0.2, 0.25) is 0 Å². The highest BCUT2D eigenvalue weighted by Gasteiger charge is 2.63. The summed E-state index contributed by atoms with van der Waals surface area (Å²) in [5.74, 6) is -3.99. The van der Waals surface area contributed by atoms with Gasteiger partial charge in [0, 0.05) is 37.1 Å². The van der Waals surface area contributed by atoms with Crippen molar-refractivity contribution in [1.29, 1.82) is 0 Å². The lowest BCUT2D eigenvalue weighted by Crippen LogP contribution is -2.44. The molecule has 1 aromatic heterocycles. The number of aliphatic imine (C=N–C) groups is 1. The van der Waals surface area contributed by atoms with Gasteiger partial charge in [0.25, 0.3) is 5.92 Å². The molecule has 0 spiro atoms. The Morgan fingerprint density at radius 1 is 1.43 bits per heavy atom. The first-order chi connectivity index (χ1) is 14.3. The summed E-state index contributed by atoms with van der Waals surface area (Å²) < 4.78 is 26.8. The zero-order valence-corrected chi connectivity index (χ0v) is 17.1. The number of hydrogen-bond acceptors (Lipinski definition) is 6. The van der Waals surface area contributed by atoms with E-state index in [0.29, 0.717) is 18.1 Å². The van der Waals surface area contributed by atoms with Gasteiger partial charge in [-0.3, -0.25) is 9.79 Å². The quantitative estimate of drug-likeness (QED) is 0.695. The summed E-state index contributed by atoms with van der Waals surface area (Å²) in [5, 5.41) is 3.05. The van der Waals surface area contributed by atoms with E-state index in [1.54, 1.807) is 17.3 Å². The SMILES string of the molecule is CC(C)N=CC(=CN)Nc1nccc(C2=CC3CCC(C2)N3C(=O)C2CC2(F)F)n1. The standard InChI is InChI=1S/C21H26F2N6O/c1-12(2)26-11-14(10-24)27-20-25-6-5-18(28-20)13-7-15-3-4-16(8-13)29(15)19(30)17-9-21(17,22)23/h5-7,10-12,15-17H,3-4,8-9,24H2,1-2H3,(H,25,27,28). The molecule has 3 unspecified atom stereocenters. The third-order valence-corrected chi connectivity index (χ3v) is 5.71. The molecule has 160 valence electrons. The molecule has 3 N–H and O–H groups in total. The fraction of sp³-hybridized carbons (Fsp3) is 0.524. The summed E-state index contributed by atoms with van der Waals surface area (Å²) in [6, 6.07) is 1.75. The second-order valence-electron chi connectivity index (χ2n) is 8.34. The predicted octanol–water partition coefficient (Wildman–Crippen LogP) is 2.97. The van der Waals surface area contributed by atoms with E-state index in [2.05, 4.69) is 20.3 Å². The van der Waals surface area contributed by atoms with Crippen molar-refractivity contribution in [2.75, 3.05) is 5.32 Å². The average molecular weight is 416 g/mol. The number of aromatic nitrogens is 2. The van der Waals surface area contributed by atoms with Crippen LogP contribution in [0.25, 0.3) is 5.57 Å². The molecule has 30 heavy (non-hydrogen) atoms. The van der Waals surface area contributed by atoms with Gasteiger partial charge in [-0.2, -0.15) is 0 Å². The number of allylic oxidation sites excluding steroid dienone is 1. The van der Waals surface area contributed by atoms with E-state index in [1.165, 1.54) is 6.20 Å². The molecule has 7 nitrogen and oxygen atoms in total. The van der Waals surface area contributed by atoms with Gasteiger partial charge in [-0.25, -0.2) is 18.7 Å². The number of halogens is 2. The summed E-state index contributed by atoms with van der Waals surface area (Å²) in [6.07, 6.45) is 8.58. The van der Waals surface area contributed by atoms with Crippen LogP contribution in [0.15, 0.2) is 35.2 Å². The highest BCUT2D eigenvalue weighted by atomic mass is 19.3. The van der Waals surface area contributed by atoms with Crippen molar-refractivity contribution in [2.45, 2.75) is 63.6 Å². The molecule has 2 fully saturated rings. The number of nitrogens with two attached hydrogens (primary N) is 1. The highest BCUT2D eigenvalue weighted by Crippen LogP contribution is 2.51. The predicted molar refractivity (Wildman–Crippen MR) is 111 cm³/mol. The second-order valence-corrected chi connectivity index (χ2v) is 8.34. The first kappa shape index (κ1) is 20.4. The van der Waals surface area contributed by atoms with E-state index in [0.717, 1.165) is 24.1 Å². The third kappa shape index (κ3) is 4.06. The number of fused-ring (bicyclic) bond motifs is 2. The average Bonchev–Trinajstić information content (AvgIpc) is 3.28. The van der Waals surface area contributed by atoms with Gasteiger partial charge in [-0.1, -0.05) is 6.08 Å². The first-order valence-corrected chi connectivity index (χ1v) is 10.2. The van der Waals surface area contributed by atoms with Crippen LogP contribution in [0.1, 0.15) is 45.2 Å². The molecule has 2 bridgehead atoms. The zero-order chi connectivity index (χ0) is 21.5. The molecule has 1 saturated carbocycles. The molecule has 0 radical (unpaired) electrons. The maximum absolute atomic E-state index is 13.4. The van der Waals surface area contributed by atoms with Crippen molar-refractivity contribution < 1.29 is 13.6 Å². The van der Waals surface area contributed by atoms with E-state index in [4.69, 9.17) is 5.73 Å². The van der Waals surface area contributed by atoms with Crippen molar-refractivity contribution in [3.63, 3.8) is 0 Å². The van der Waals surface area contributed by atoms with E-state index in [1.807, 2.05) is 26.0 Å². The highest BCUT2D eigenvalue weighted by molar-refractivity contribution is 5.85. The van der Waals surface area contributed by atoms with Crippen LogP contribution >= 0.6 is 0 Å². The summed E-state index contributed by atoms with van der Waals surface area (Å²) in [7, 11) is 0. The minimum absolute atomic E-state index is 0.0528. The van der Waals surface area contributed by atoms with E-state index < -0.39 is 17.7 Å². The number of anilines is 1. The number of rotatable bonds is 6. The Hall–Kier alpha value is -2.84. The molecule has 1 aliphatic carbocycles. The fourth-order valence-corrected chi connectivity index (χ4v) is 4.10. The number of carbonyl (C=O) groups is 1. The van der Waals surface area contributed by atoms with Crippen LogP contribution in [0.4, 0.5) is 14.7 Å². The molecule has 2 aliphatic heterocycles. The summed E-state index contributed by atoms with van der Waals surface area (Å²) in [6.45, 7) is 3.92. The lowest BCUT2D eigenvalue weighted by molar-refractivity contribution is -0.137. The van der Waals surface area contributed by atoms with E-state index in [-0.39, 0.29) is 24.5 Å². The molecule has 1 saturated heterocycles. The molecule has 0 aromatic carbocycles. The molecule has 3 heterocycles. The smallest absolute Gasteiger partial charge is 0.260 e. The maximum Gasteiger partial charge on any atom is 0.260 e. The molecule has 1 aromatic rings. The van der Waals surface area contributed by atoms with Crippen LogP contribution in [0, 0.1) is 5.92 Å². The number of nitrogens with one attached hydrogen (secondary N) is 1. The Morgan fingerprint density at radius 3 is 2.83 bits per heavy atom. The van der Waals surface area contributed by atoms with Gasteiger partial charge in [-0.15, -0.1) is 0 Å². The van der Waals surface area contributed by atoms with Crippen LogP contribution in [-0.2, 0) is 4.79 Å². The first-order valence-electron chi connectivity index (χ1n) is 10.2. The summed E-state index contributed by atoms with van der Waals surface area (Å²) in [4.78, 5) is 27.3. The Labute approximate surface area is 174 Å². The molecular formula is C21H26F2N6O. The van der Waals surface area contributed by atoms with Crippen molar-refractivity contribution in [3.05, 3.63) is 35.9 Å². The molecule has 3 aliphatic rings. The zero-order valence-electron chi connectivity index (χ0n) is 17.1. The van der Waals surface area contributed by atoms with Gasteiger partial charge in [0.05, 0.1) is 17.4 Å². The number of alkyl halides is 2. The summed E-state index contributed by atoms with van der Waals surface area (Å²) in [5.41, 5.74) is 8.00. The Morgan fingerprint density at radius 2 is 2.20 bits per heavy atom. The van der Waals surface area contributed by atoms with Gasteiger partial charge < -0.3 is 16.0 Å². The molecule has 9 heteroatoms. The van der Waals surface area contributed by atoms with Crippen LogP contribution < -0.4 is 11.1 Å². The van der Waals surface area contributed by atoms with Crippen LogP contribution in [-0.4, -0.2) is 51.0 Å². The van der Waals surface area contributed by atoms with Gasteiger partial charge in [0.15, 0.2) is 0 Å². The molecule has 4 rings (SSSR count). The van der Waals surface area contributed by atoms with E-state index in [9.17, 15) is 13.6 Å². The van der Waals surface area contributed by atoms with Gasteiger partial charge in [-0.05, 0) is 44.7 Å². The third-order valence-electron chi connectivity index (χ3n) is 5.71. The molecule has 1 amide bonds. The van der Waals surface area contributed by atoms with Crippen molar-refractivity contribution >= 4 is 23.6 Å². The summed E-state index contributed by atoms with van der Waals surface area (Å²) >= 11 is 0. The monoisotopic (exact) mass is 416 g/mol. The normalized spacial score (nSPS) is 27.5. The lowest BCUT2D eigenvalue weighted by atomic mass is 9.98. The van der Waals surface area contributed by atoms with Crippen molar-refractivity contribution in [1.82, 2.24) is 14.9 Å². The second kappa shape index (κ2) is 7.77. The van der Waals surface area contributed by atoms with E-state index >= 15 is 0 Å². The maximum atomic E-state index is 13.4. The van der Waals surface area contributed by atoms with Gasteiger partial charge in [0.1, 0.15) is 5.92 Å². The number of hydrogen-bond donors (Lipinski definition) is 2. The largest absolute Gasteiger partial charge is 0.403 e. The Kier molecular flexibility index (Phi) is 5.29. The minimum Gasteiger partial charge on any atom is -0.403 e. The van der Waals surface area contributed by atoms with Gasteiger partial charge >= 0.3 is 0 Å². The Balaban J connectivity index is 1.50. The van der Waals surface area contributed by atoms with Crippen molar-refractivity contribution in [3.8, 4) is 0 Å². The number of amides is 1. The topological polar surface area (TPSA) is 96.5 Å². The fourth-order valence-electron chi connectivity index (χ4n) is 4.10. The number of nitrogens with zero attached hydrogens (tertiary/aromatic N) is 4. The van der Waals surface area contributed by atoms with Gasteiger partial charge in [0.2, 0.25) is 11.9 Å². The Bertz CT molecular complexity index is 926. The minimum atomic E-state index is -2.83. The molecule has 3 atom stereocenters. The molecular weight excluding hydrogens is 390 g/mol.